The second-order valence-corrected chi connectivity index (χ2v) is 4.69. The van der Waals surface area contributed by atoms with E-state index in [1.807, 2.05) is 19.1 Å². The zero-order chi connectivity index (χ0) is 13.8. The van der Waals surface area contributed by atoms with Crippen LogP contribution in [0.4, 0.5) is 0 Å². The maximum atomic E-state index is 11.1. The molecule has 3 nitrogen and oxygen atoms in total. The van der Waals surface area contributed by atoms with Gasteiger partial charge in [-0.3, -0.25) is 4.98 Å². The van der Waals surface area contributed by atoms with Crippen LogP contribution in [0, 0.1) is 0 Å². The number of aromatic carboxylic acids is 1. The summed E-state index contributed by atoms with van der Waals surface area (Å²) in [7, 11) is 0. The van der Waals surface area contributed by atoms with Crippen molar-refractivity contribution in [3.05, 3.63) is 52.7 Å². The molecule has 0 unspecified atom stereocenters. The molecule has 0 aliphatic rings. The van der Waals surface area contributed by atoms with Gasteiger partial charge in [-0.05, 0) is 30.7 Å². The number of hydrogen-bond donors (Lipinski definition) is 1. The van der Waals surface area contributed by atoms with Crippen LogP contribution in [0.2, 0.25) is 5.02 Å². The number of benzene rings is 1. The van der Waals surface area contributed by atoms with Crippen LogP contribution in [0.1, 0.15) is 29.4 Å². The summed E-state index contributed by atoms with van der Waals surface area (Å²) in [5.74, 6) is -0.932. The topological polar surface area (TPSA) is 50.2 Å². The van der Waals surface area contributed by atoms with Crippen molar-refractivity contribution in [1.82, 2.24) is 4.98 Å². The molecule has 0 amide bonds. The van der Waals surface area contributed by atoms with E-state index in [0.29, 0.717) is 17.1 Å². The average Bonchev–Trinajstić information content (AvgIpc) is 2.39. The van der Waals surface area contributed by atoms with Crippen LogP contribution >= 0.6 is 11.6 Å². The molecule has 0 spiro atoms. The number of nitrogens with zero attached hydrogens (tertiary/aromatic N) is 1. The third-order valence-electron chi connectivity index (χ3n) is 2.83. The number of halogens is 1. The quantitative estimate of drug-likeness (QED) is 0.916. The standard InChI is InChI=1S/C15H14ClNO2/c1-2-3-14-12(15(18)19)8-9-13(17-14)10-4-6-11(16)7-5-10/h4-9H,2-3H2,1H3,(H,18,19). The van der Waals surface area contributed by atoms with Crippen molar-refractivity contribution in [1.29, 1.82) is 0 Å². The fraction of sp³-hybridized carbons (Fsp3) is 0.200. The number of carbonyl (C=O) groups is 1. The molecule has 4 heteroatoms. The molecule has 1 N–H and O–H groups in total. The van der Waals surface area contributed by atoms with Crippen molar-refractivity contribution < 1.29 is 9.90 Å². The highest BCUT2D eigenvalue weighted by Gasteiger charge is 2.12. The van der Waals surface area contributed by atoms with E-state index in [9.17, 15) is 4.79 Å². The predicted octanol–water partition coefficient (Wildman–Crippen LogP) is 4.05. The highest BCUT2D eigenvalue weighted by molar-refractivity contribution is 6.30. The van der Waals surface area contributed by atoms with Gasteiger partial charge in [0.1, 0.15) is 0 Å². The molecule has 2 aromatic rings. The third-order valence-corrected chi connectivity index (χ3v) is 3.08. The molecular weight excluding hydrogens is 262 g/mol. The van der Waals surface area contributed by atoms with Crippen LogP contribution < -0.4 is 0 Å². The van der Waals surface area contributed by atoms with E-state index in [1.54, 1.807) is 24.3 Å². The molecule has 98 valence electrons. The minimum absolute atomic E-state index is 0.277. The number of hydrogen-bond acceptors (Lipinski definition) is 2. The molecule has 1 aromatic heterocycles. The van der Waals surface area contributed by atoms with E-state index in [0.717, 1.165) is 17.7 Å². The molecular formula is C15H14ClNO2. The lowest BCUT2D eigenvalue weighted by atomic mass is 10.1. The molecule has 0 radical (unpaired) electrons. The minimum Gasteiger partial charge on any atom is -0.478 e. The Morgan fingerprint density at radius 3 is 2.47 bits per heavy atom. The molecule has 0 saturated heterocycles. The Kier molecular flexibility index (Phi) is 4.17. The van der Waals surface area contributed by atoms with Crippen LogP contribution in [0.15, 0.2) is 36.4 Å². The second kappa shape index (κ2) is 5.85. The largest absolute Gasteiger partial charge is 0.478 e. The zero-order valence-corrected chi connectivity index (χ0v) is 11.3. The van der Waals surface area contributed by atoms with Gasteiger partial charge in [0.15, 0.2) is 0 Å². The lowest BCUT2D eigenvalue weighted by Gasteiger charge is -2.07. The minimum atomic E-state index is -0.932. The van der Waals surface area contributed by atoms with E-state index in [2.05, 4.69) is 4.98 Å². The Bertz CT molecular complexity index is 594. The number of pyridine rings is 1. The van der Waals surface area contributed by atoms with Crippen LogP contribution in [-0.2, 0) is 6.42 Å². The molecule has 1 aromatic carbocycles. The van der Waals surface area contributed by atoms with Crippen molar-refractivity contribution in [3.8, 4) is 11.3 Å². The molecule has 2 rings (SSSR count). The summed E-state index contributed by atoms with van der Waals surface area (Å²) in [6, 6.07) is 10.7. The van der Waals surface area contributed by atoms with E-state index < -0.39 is 5.97 Å². The average molecular weight is 276 g/mol. The summed E-state index contributed by atoms with van der Waals surface area (Å²) in [5.41, 5.74) is 2.60. The van der Waals surface area contributed by atoms with E-state index in [4.69, 9.17) is 16.7 Å². The van der Waals surface area contributed by atoms with Gasteiger partial charge in [-0.15, -0.1) is 0 Å². The second-order valence-electron chi connectivity index (χ2n) is 4.25. The van der Waals surface area contributed by atoms with Gasteiger partial charge in [0, 0.05) is 10.6 Å². The summed E-state index contributed by atoms with van der Waals surface area (Å²) in [6.07, 6.45) is 1.51. The normalized spacial score (nSPS) is 10.4. The van der Waals surface area contributed by atoms with Crippen LogP contribution in [-0.4, -0.2) is 16.1 Å². The Balaban J connectivity index is 2.45. The highest BCUT2D eigenvalue weighted by Crippen LogP contribution is 2.22. The predicted molar refractivity (Wildman–Crippen MR) is 75.6 cm³/mol. The van der Waals surface area contributed by atoms with Gasteiger partial charge in [0.05, 0.1) is 17.0 Å². The molecule has 0 atom stereocenters. The van der Waals surface area contributed by atoms with Crippen LogP contribution in [0.25, 0.3) is 11.3 Å². The van der Waals surface area contributed by atoms with Gasteiger partial charge in [0.25, 0.3) is 0 Å². The van der Waals surface area contributed by atoms with Gasteiger partial charge >= 0.3 is 5.97 Å². The first kappa shape index (κ1) is 13.6. The third kappa shape index (κ3) is 3.12. The fourth-order valence-corrected chi connectivity index (χ4v) is 2.03. The van der Waals surface area contributed by atoms with Crippen LogP contribution in [0.3, 0.4) is 0 Å². The van der Waals surface area contributed by atoms with Crippen molar-refractivity contribution in [2.45, 2.75) is 19.8 Å². The van der Waals surface area contributed by atoms with Gasteiger partial charge in [-0.2, -0.15) is 0 Å². The van der Waals surface area contributed by atoms with Gasteiger partial charge in [0.2, 0.25) is 0 Å². The van der Waals surface area contributed by atoms with E-state index in [-0.39, 0.29) is 5.56 Å². The van der Waals surface area contributed by atoms with Crippen molar-refractivity contribution in [2.75, 3.05) is 0 Å². The number of aryl methyl sites for hydroxylation is 1. The number of aromatic nitrogens is 1. The zero-order valence-electron chi connectivity index (χ0n) is 10.6. The number of carboxylic acid groups (broad SMARTS) is 1. The molecule has 0 fully saturated rings. The first-order chi connectivity index (χ1) is 9.11. The lowest BCUT2D eigenvalue weighted by Crippen LogP contribution is -2.05. The molecule has 0 bridgehead atoms. The molecule has 1 heterocycles. The van der Waals surface area contributed by atoms with Gasteiger partial charge < -0.3 is 5.11 Å². The van der Waals surface area contributed by atoms with Crippen molar-refractivity contribution >= 4 is 17.6 Å². The summed E-state index contributed by atoms with van der Waals surface area (Å²) >= 11 is 5.85. The van der Waals surface area contributed by atoms with E-state index in [1.165, 1.54) is 0 Å². The van der Waals surface area contributed by atoms with Crippen LogP contribution in [0.5, 0.6) is 0 Å². The number of rotatable bonds is 4. The molecule has 19 heavy (non-hydrogen) atoms. The Labute approximate surface area is 116 Å². The highest BCUT2D eigenvalue weighted by atomic mass is 35.5. The van der Waals surface area contributed by atoms with Gasteiger partial charge in [-0.25, -0.2) is 4.79 Å². The fourth-order valence-electron chi connectivity index (χ4n) is 1.90. The SMILES string of the molecule is CCCc1nc(-c2ccc(Cl)cc2)ccc1C(=O)O. The van der Waals surface area contributed by atoms with Crippen molar-refractivity contribution in [3.63, 3.8) is 0 Å². The molecule has 0 aliphatic heterocycles. The summed E-state index contributed by atoms with van der Waals surface area (Å²) in [6.45, 7) is 2.00. The maximum Gasteiger partial charge on any atom is 0.337 e. The molecule has 0 aliphatic carbocycles. The first-order valence-electron chi connectivity index (χ1n) is 6.11. The molecule has 0 saturated carbocycles. The van der Waals surface area contributed by atoms with Crippen molar-refractivity contribution in [2.24, 2.45) is 0 Å². The monoisotopic (exact) mass is 275 g/mol. The summed E-state index contributed by atoms with van der Waals surface area (Å²) < 4.78 is 0. The summed E-state index contributed by atoms with van der Waals surface area (Å²) in [4.78, 5) is 15.6. The first-order valence-corrected chi connectivity index (χ1v) is 6.48. The summed E-state index contributed by atoms with van der Waals surface area (Å²) in [5, 5.41) is 9.80. The Morgan fingerprint density at radius 2 is 1.89 bits per heavy atom. The smallest absolute Gasteiger partial charge is 0.337 e. The Hall–Kier alpha value is -1.87. The van der Waals surface area contributed by atoms with Gasteiger partial charge in [-0.1, -0.05) is 37.1 Å². The lowest BCUT2D eigenvalue weighted by molar-refractivity contribution is 0.0695. The maximum absolute atomic E-state index is 11.1. The number of carboxylic acids is 1. The van der Waals surface area contributed by atoms with E-state index >= 15 is 0 Å². The Morgan fingerprint density at radius 1 is 1.21 bits per heavy atom.